The van der Waals surface area contributed by atoms with E-state index in [4.69, 9.17) is 26.5 Å². The number of hydrogen-bond acceptors (Lipinski definition) is 7. The van der Waals surface area contributed by atoms with Crippen molar-refractivity contribution >= 4 is 5.69 Å². The van der Waals surface area contributed by atoms with E-state index in [-0.39, 0.29) is 48.6 Å². The first kappa shape index (κ1) is 17.2. The molecule has 1 aliphatic rings. The molecule has 0 amide bonds. The van der Waals surface area contributed by atoms with E-state index in [1.54, 1.807) is 12.1 Å². The van der Waals surface area contributed by atoms with Crippen LogP contribution in [0.4, 0.5) is 14.5 Å². The smallest absolute Gasteiger partial charge is 0.316 e. The zero-order valence-corrected chi connectivity index (χ0v) is 20.4. The third kappa shape index (κ3) is 4.55. The van der Waals surface area contributed by atoms with Gasteiger partial charge < -0.3 is 14.2 Å². The summed E-state index contributed by atoms with van der Waals surface area (Å²) in [5.41, 5.74) is 0.891. The fraction of sp³-hybridized carbons (Fsp3) is 0.333. The maximum absolute atomic E-state index is 15.9. The van der Waals surface area contributed by atoms with E-state index in [2.05, 4.69) is 10.2 Å². The third-order valence-corrected chi connectivity index (χ3v) is 6.86. The maximum atomic E-state index is 15.9. The van der Waals surface area contributed by atoms with Crippen molar-refractivity contribution in [1.29, 1.82) is 0 Å². The van der Waals surface area contributed by atoms with Crippen LogP contribution in [0.25, 0.3) is 11.4 Å². The first-order chi connectivity index (χ1) is 22.2. The SMILES string of the molecule is [2H]C([2H])([2H])Oc1ccc(Cn2nc(-c3c([N+](=O)[O-])cnn3C)c3c2CC(c2c(F)c(OC([2H])([2H])[2H])cc(OC([2H])([2H])[2H])c2F)CC3)cc1. The molecular formula is C27H27F2N5O5. The van der Waals surface area contributed by atoms with Crippen molar-refractivity contribution in [3.8, 4) is 28.6 Å². The first-order valence-electron chi connectivity index (χ1n) is 16.1. The Morgan fingerprint density at radius 1 is 1.13 bits per heavy atom. The van der Waals surface area contributed by atoms with E-state index in [0.717, 1.165) is 6.20 Å². The molecule has 204 valence electrons. The summed E-state index contributed by atoms with van der Waals surface area (Å²) in [4.78, 5) is 11.2. The van der Waals surface area contributed by atoms with Crippen LogP contribution in [0.3, 0.4) is 0 Å². The lowest BCUT2D eigenvalue weighted by atomic mass is 9.81. The Balaban J connectivity index is 1.62. The van der Waals surface area contributed by atoms with E-state index in [9.17, 15) is 10.1 Å². The van der Waals surface area contributed by atoms with Crippen molar-refractivity contribution < 1.29 is 40.3 Å². The highest BCUT2D eigenvalue weighted by Crippen LogP contribution is 2.44. The molecule has 2 aromatic heterocycles. The molecule has 5 rings (SSSR count). The number of nitro groups is 1. The molecule has 0 N–H and O–H groups in total. The van der Waals surface area contributed by atoms with Crippen molar-refractivity contribution in [2.75, 3.05) is 21.1 Å². The zero-order chi connectivity index (χ0) is 35.3. The first-order valence-corrected chi connectivity index (χ1v) is 11.6. The molecule has 0 saturated heterocycles. The van der Waals surface area contributed by atoms with Crippen LogP contribution in [0.1, 0.15) is 47.1 Å². The summed E-state index contributed by atoms with van der Waals surface area (Å²) in [5.74, 6) is -5.52. The monoisotopic (exact) mass is 548 g/mol. The molecule has 12 heteroatoms. The molecular weight excluding hydrogens is 512 g/mol. The Bertz CT molecular complexity index is 1810. The van der Waals surface area contributed by atoms with Crippen molar-refractivity contribution in [1.82, 2.24) is 19.6 Å². The van der Waals surface area contributed by atoms with Gasteiger partial charge in [-0.15, -0.1) is 0 Å². The molecule has 2 heterocycles. The highest BCUT2D eigenvalue weighted by Gasteiger charge is 2.35. The number of nitrogens with zero attached hydrogens (tertiary/aromatic N) is 5. The molecule has 0 saturated carbocycles. The van der Waals surface area contributed by atoms with E-state index in [1.807, 2.05) is 0 Å². The minimum Gasteiger partial charge on any atom is -0.497 e. The number of halogens is 2. The summed E-state index contributed by atoms with van der Waals surface area (Å²) < 4.78 is 115. The van der Waals surface area contributed by atoms with E-state index < -0.39 is 60.7 Å². The molecule has 1 unspecified atom stereocenters. The van der Waals surface area contributed by atoms with Gasteiger partial charge in [-0.2, -0.15) is 10.2 Å². The summed E-state index contributed by atoms with van der Waals surface area (Å²) in [7, 11) is -7.50. The van der Waals surface area contributed by atoms with Crippen LogP contribution in [0.2, 0.25) is 0 Å². The van der Waals surface area contributed by atoms with Crippen LogP contribution >= 0.6 is 0 Å². The molecule has 2 aromatic carbocycles. The number of fused-ring (bicyclic) bond motifs is 1. The van der Waals surface area contributed by atoms with Crippen LogP contribution in [-0.2, 0) is 26.4 Å². The van der Waals surface area contributed by atoms with Gasteiger partial charge in [-0.25, -0.2) is 8.78 Å². The van der Waals surface area contributed by atoms with Crippen LogP contribution in [-0.4, -0.2) is 45.6 Å². The number of aryl methyl sites for hydroxylation is 1. The topological polar surface area (TPSA) is 106 Å². The molecule has 39 heavy (non-hydrogen) atoms. The molecule has 10 nitrogen and oxygen atoms in total. The van der Waals surface area contributed by atoms with Gasteiger partial charge in [-0.3, -0.25) is 19.5 Å². The average molecular weight is 549 g/mol. The standard InChI is InChI=1S/C27H27F2N5O5/c1-32-27(20(13-30-32)34(35)36)26-18-10-7-16(23-24(28)21(38-3)12-22(39-4)25(23)29)11-19(18)33(31-26)14-15-5-8-17(37-2)9-6-15/h5-6,8-9,12-13,16H,7,10-11,14H2,1-4H3/i2D3,3D3,4D3. The van der Waals surface area contributed by atoms with Crippen LogP contribution in [0.15, 0.2) is 36.5 Å². The lowest BCUT2D eigenvalue weighted by Crippen LogP contribution is -2.19. The van der Waals surface area contributed by atoms with Crippen LogP contribution < -0.4 is 14.2 Å². The lowest BCUT2D eigenvalue weighted by molar-refractivity contribution is -0.384. The number of methoxy groups -OCH3 is 3. The largest absolute Gasteiger partial charge is 0.497 e. The van der Waals surface area contributed by atoms with Gasteiger partial charge in [0.15, 0.2) is 28.8 Å². The minimum absolute atomic E-state index is 0.0370. The second kappa shape index (κ2) is 10.4. The number of hydrogen-bond donors (Lipinski definition) is 0. The highest BCUT2D eigenvalue weighted by atomic mass is 19.1. The van der Waals surface area contributed by atoms with Gasteiger partial charge in [0.05, 0.1) is 44.9 Å². The van der Waals surface area contributed by atoms with Gasteiger partial charge in [0, 0.05) is 29.9 Å². The molecule has 1 atom stereocenters. The maximum Gasteiger partial charge on any atom is 0.316 e. The minimum atomic E-state index is -3.16. The lowest BCUT2D eigenvalue weighted by Gasteiger charge is -2.26. The normalized spacial score (nSPS) is 19.1. The summed E-state index contributed by atoms with van der Waals surface area (Å²) in [6.45, 7) is 0.0370. The van der Waals surface area contributed by atoms with Gasteiger partial charge in [0.1, 0.15) is 17.6 Å². The highest BCUT2D eigenvalue weighted by molar-refractivity contribution is 5.70. The summed E-state index contributed by atoms with van der Waals surface area (Å²) in [6.07, 6.45) is 1.09. The Hall–Kier alpha value is -4.48. The number of aromatic nitrogens is 4. The van der Waals surface area contributed by atoms with Gasteiger partial charge >= 0.3 is 5.69 Å². The van der Waals surface area contributed by atoms with Crippen LogP contribution in [0.5, 0.6) is 17.2 Å². The average Bonchev–Trinajstić information content (AvgIpc) is 3.50. The molecule has 0 fully saturated rings. The number of benzene rings is 2. The Labute approximate surface area is 235 Å². The Morgan fingerprint density at radius 2 is 1.82 bits per heavy atom. The second-order valence-corrected chi connectivity index (χ2v) is 8.99. The molecule has 0 aliphatic heterocycles. The van der Waals surface area contributed by atoms with Crippen molar-refractivity contribution in [3.63, 3.8) is 0 Å². The summed E-state index contributed by atoms with van der Waals surface area (Å²) in [6, 6.07) is 6.55. The fourth-order valence-corrected chi connectivity index (χ4v) is 5.03. The quantitative estimate of drug-likeness (QED) is 0.230. The number of ether oxygens (including phenoxy) is 3. The zero-order valence-electron chi connectivity index (χ0n) is 29.4. The summed E-state index contributed by atoms with van der Waals surface area (Å²) in [5, 5.41) is 20.5. The van der Waals surface area contributed by atoms with Crippen molar-refractivity contribution in [2.24, 2.45) is 7.05 Å². The van der Waals surface area contributed by atoms with Gasteiger partial charge in [0.25, 0.3) is 0 Å². The molecule has 1 aliphatic carbocycles. The van der Waals surface area contributed by atoms with E-state index in [1.165, 1.54) is 28.5 Å². The molecule has 4 aromatic rings. The number of rotatable bonds is 8. The third-order valence-electron chi connectivity index (χ3n) is 6.86. The van der Waals surface area contributed by atoms with Crippen LogP contribution in [0, 0.1) is 21.7 Å². The van der Waals surface area contributed by atoms with E-state index >= 15 is 8.78 Å². The second-order valence-electron chi connectivity index (χ2n) is 8.99. The van der Waals surface area contributed by atoms with Gasteiger partial charge in [-0.1, -0.05) is 12.1 Å². The predicted octanol–water partition coefficient (Wildman–Crippen LogP) is 4.82. The predicted molar refractivity (Wildman–Crippen MR) is 137 cm³/mol. The molecule has 0 bridgehead atoms. The summed E-state index contributed by atoms with van der Waals surface area (Å²) >= 11 is 0. The molecule has 0 spiro atoms. The van der Waals surface area contributed by atoms with Crippen molar-refractivity contribution in [2.45, 2.75) is 31.7 Å². The molecule has 0 radical (unpaired) electrons. The Kier molecular flexibility index (Phi) is 4.56. The van der Waals surface area contributed by atoms with Crippen molar-refractivity contribution in [3.05, 3.63) is 80.7 Å². The Morgan fingerprint density at radius 3 is 2.46 bits per heavy atom. The van der Waals surface area contributed by atoms with Gasteiger partial charge in [0.2, 0.25) is 0 Å². The van der Waals surface area contributed by atoms with Gasteiger partial charge in [-0.05, 0) is 42.9 Å². The fourth-order valence-electron chi connectivity index (χ4n) is 5.03. The van der Waals surface area contributed by atoms with E-state index in [0.29, 0.717) is 22.9 Å².